The van der Waals surface area contributed by atoms with Crippen LogP contribution in [0.25, 0.3) is 6.08 Å². The third-order valence-corrected chi connectivity index (χ3v) is 5.45. The fourth-order valence-corrected chi connectivity index (χ4v) is 3.82. The summed E-state index contributed by atoms with van der Waals surface area (Å²) in [6.45, 7) is 0.417. The smallest absolute Gasteiger partial charge is 0.363 e. The fourth-order valence-electron chi connectivity index (χ4n) is 2.96. The van der Waals surface area contributed by atoms with Crippen LogP contribution in [0.15, 0.2) is 77.4 Å². The molecule has 9 heteroatoms. The van der Waals surface area contributed by atoms with Crippen LogP contribution in [-0.2, 0) is 16.1 Å². The molecule has 0 fully saturated rings. The van der Waals surface area contributed by atoms with Gasteiger partial charge in [-0.05, 0) is 70.1 Å². The second-order valence-corrected chi connectivity index (χ2v) is 8.40. The molecule has 0 bridgehead atoms. The van der Waals surface area contributed by atoms with Crippen molar-refractivity contribution in [3.63, 3.8) is 0 Å². The largest absolute Gasteiger partial charge is 0.489 e. The zero-order chi connectivity index (χ0) is 22.7. The summed E-state index contributed by atoms with van der Waals surface area (Å²) < 4.78 is 12.2. The Balaban J connectivity index is 1.53. The summed E-state index contributed by atoms with van der Waals surface area (Å²) in [4.78, 5) is 26.8. The van der Waals surface area contributed by atoms with Gasteiger partial charge in [-0.2, -0.15) is 0 Å². The Hall–Kier alpha value is -3.24. The minimum absolute atomic E-state index is 0.00719. The van der Waals surface area contributed by atoms with Crippen molar-refractivity contribution in [2.24, 2.45) is 4.99 Å². The van der Waals surface area contributed by atoms with E-state index in [4.69, 9.17) is 21.1 Å². The van der Waals surface area contributed by atoms with Crippen molar-refractivity contribution in [1.82, 2.24) is 0 Å². The molecule has 0 N–H and O–H groups in total. The highest BCUT2D eigenvalue weighted by atomic mass is 127. The number of nitro benzene ring substituents is 1. The predicted octanol–water partition coefficient (Wildman–Crippen LogP) is 5.78. The molecule has 160 valence electrons. The first-order valence-electron chi connectivity index (χ1n) is 9.33. The van der Waals surface area contributed by atoms with Gasteiger partial charge >= 0.3 is 5.97 Å². The molecule has 4 rings (SSSR count). The first-order chi connectivity index (χ1) is 15.4. The maximum absolute atomic E-state index is 12.3. The van der Waals surface area contributed by atoms with Gasteiger partial charge in [0.25, 0.3) is 5.69 Å². The summed E-state index contributed by atoms with van der Waals surface area (Å²) >= 11 is 8.36. The number of nitrogens with zero attached hydrogens (tertiary/aromatic N) is 2. The first kappa shape index (κ1) is 22.0. The van der Waals surface area contributed by atoms with Crippen molar-refractivity contribution in [2.75, 3.05) is 0 Å². The molecule has 0 spiro atoms. The molecular formula is C23H14ClIN2O5. The van der Waals surface area contributed by atoms with E-state index in [0.29, 0.717) is 23.5 Å². The molecule has 3 aromatic rings. The number of hydrogen-bond acceptors (Lipinski definition) is 6. The molecule has 0 amide bonds. The zero-order valence-electron chi connectivity index (χ0n) is 16.3. The van der Waals surface area contributed by atoms with Crippen molar-refractivity contribution < 1.29 is 19.2 Å². The van der Waals surface area contributed by atoms with Gasteiger partial charge in [0.15, 0.2) is 5.70 Å². The van der Waals surface area contributed by atoms with Crippen LogP contribution >= 0.6 is 34.2 Å². The van der Waals surface area contributed by atoms with E-state index < -0.39 is 10.9 Å². The van der Waals surface area contributed by atoms with E-state index in [0.717, 1.165) is 9.13 Å². The third-order valence-electron chi connectivity index (χ3n) is 4.47. The Kier molecular flexibility index (Phi) is 6.52. The summed E-state index contributed by atoms with van der Waals surface area (Å²) in [5.41, 5.74) is 1.97. The molecule has 1 aliphatic rings. The van der Waals surface area contributed by atoms with Crippen LogP contribution in [-0.4, -0.2) is 16.8 Å². The topological polar surface area (TPSA) is 91.0 Å². The lowest BCUT2D eigenvalue weighted by molar-refractivity contribution is -0.384. The number of aliphatic imine (C=N–C) groups is 1. The molecule has 0 unspecified atom stereocenters. The van der Waals surface area contributed by atoms with Crippen LogP contribution in [0.3, 0.4) is 0 Å². The monoisotopic (exact) mass is 560 g/mol. The molecule has 0 aromatic heterocycles. The van der Waals surface area contributed by atoms with Gasteiger partial charge in [0, 0.05) is 15.7 Å². The number of nitro groups is 1. The van der Waals surface area contributed by atoms with Crippen LogP contribution < -0.4 is 4.74 Å². The molecular weight excluding hydrogens is 547 g/mol. The summed E-state index contributed by atoms with van der Waals surface area (Å²) in [5, 5.41) is 10.9. The van der Waals surface area contributed by atoms with Gasteiger partial charge in [0.1, 0.15) is 12.4 Å². The third kappa shape index (κ3) is 5.14. The molecule has 7 nitrogen and oxygen atoms in total. The van der Waals surface area contributed by atoms with Crippen LogP contribution in [0, 0.1) is 13.7 Å². The van der Waals surface area contributed by atoms with Crippen molar-refractivity contribution >= 4 is 57.8 Å². The van der Waals surface area contributed by atoms with Crippen LogP contribution in [0.5, 0.6) is 5.75 Å². The van der Waals surface area contributed by atoms with Crippen molar-refractivity contribution in [3.8, 4) is 5.75 Å². The molecule has 0 saturated carbocycles. The Labute approximate surface area is 201 Å². The number of benzene rings is 3. The number of esters is 1. The lowest BCUT2D eigenvalue weighted by Crippen LogP contribution is -2.06. The predicted molar refractivity (Wildman–Crippen MR) is 129 cm³/mol. The van der Waals surface area contributed by atoms with Crippen LogP contribution in [0.4, 0.5) is 5.69 Å². The second-order valence-electron chi connectivity index (χ2n) is 6.75. The lowest BCUT2D eigenvalue weighted by Gasteiger charge is -2.07. The summed E-state index contributed by atoms with van der Waals surface area (Å²) in [6.07, 6.45) is 1.58. The average molecular weight is 561 g/mol. The Morgan fingerprint density at radius 2 is 1.94 bits per heavy atom. The minimum Gasteiger partial charge on any atom is -0.489 e. The van der Waals surface area contributed by atoms with Crippen molar-refractivity contribution in [1.29, 1.82) is 0 Å². The van der Waals surface area contributed by atoms with Gasteiger partial charge in [-0.1, -0.05) is 35.9 Å². The van der Waals surface area contributed by atoms with Gasteiger partial charge in [0.05, 0.1) is 15.5 Å². The summed E-state index contributed by atoms with van der Waals surface area (Å²) in [7, 11) is 0. The van der Waals surface area contributed by atoms with Crippen LogP contribution in [0.2, 0.25) is 5.02 Å². The minimum atomic E-state index is -0.639. The molecule has 32 heavy (non-hydrogen) atoms. The highest BCUT2D eigenvalue weighted by Gasteiger charge is 2.26. The van der Waals surface area contributed by atoms with E-state index in [9.17, 15) is 14.9 Å². The summed E-state index contributed by atoms with van der Waals surface area (Å²) in [6, 6.07) is 19.1. The lowest BCUT2D eigenvalue weighted by atomic mass is 10.2. The van der Waals surface area contributed by atoms with E-state index in [-0.39, 0.29) is 22.3 Å². The molecule has 1 aliphatic heterocycles. The van der Waals surface area contributed by atoms with Gasteiger partial charge in [0.2, 0.25) is 5.90 Å². The molecule has 0 radical (unpaired) electrons. The highest BCUT2D eigenvalue weighted by molar-refractivity contribution is 14.1. The normalized spacial score (nSPS) is 14.2. The molecule has 0 saturated heterocycles. The van der Waals surface area contributed by atoms with Crippen LogP contribution in [0.1, 0.15) is 16.7 Å². The van der Waals surface area contributed by atoms with Crippen molar-refractivity contribution in [3.05, 3.63) is 108 Å². The quantitative estimate of drug-likeness (QED) is 0.125. The Morgan fingerprint density at radius 1 is 1.12 bits per heavy atom. The standard InChI is InChI=1S/C23H14ClIN2O5/c24-20-12-17(27(29)30)7-8-19(20)22-26-21(23(28)32-22)11-14-3-2-6-18(10-14)31-13-15-4-1-5-16(25)9-15/h1-12H,13H2/b21-11-. The number of hydrogen-bond donors (Lipinski definition) is 0. The fraction of sp³-hybridized carbons (Fsp3) is 0.0435. The maximum atomic E-state index is 12.3. The highest BCUT2D eigenvalue weighted by Crippen LogP contribution is 2.27. The molecule has 3 aromatic carbocycles. The SMILES string of the molecule is O=C1OC(c2ccc([N+](=O)[O-])cc2Cl)=N/C1=C\c1cccc(OCc2cccc(I)c2)c1. The average Bonchev–Trinajstić information content (AvgIpc) is 3.12. The number of halogens is 2. The van der Waals surface area contributed by atoms with Gasteiger partial charge in [-0.15, -0.1) is 0 Å². The zero-order valence-corrected chi connectivity index (χ0v) is 19.2. The Bertz CT molecular complexity index is 1290. The molecule has 0 aliphatic carbocycles. The summed E-state index contributed by atoms with van der Waals surface area (Å²) in [5.74, 6) is -0.000901. The van der Waals surface area contributed by atoms with E-state index in [1.165, 1.54) is 18.2 Å². The number of carbonyl (C=O) groups is 1. The van der Waals surface area contributed by atoms with E-state index in [2.05, 4.69) is 27.6 Å². The van der Waals surface area contributed by atoms with Crippen molar-refractivity contribution in [2.45, 2.75) is 6.61 Å². The van der Waals surface area contributed by atoms with Gasteiger partial charge in [-0.25, -0.2) is 9.79 Å². The maximum Gasteiger partial charge on any atom is 0.363 e. The molecule has 1 heterocycles. The van der Waals surface area contributed by atoms with Gasteiger partial charge < -0.3 is 9.47 Å². The van der Waals surface area contributed by atoms with E-state index in [1.54, 1.807) is 12.1 Å². The number of carbonyl (C=O) groups excluding carboxylic acids is 1. The van der Waals surface area contributed by atoms with E-state index in [1.807, 2.05) is 42.5 Å². The number of cyclic esters (lactones) is 1. The Morgan fingerprint density at radius 3 is 2.69 bits per heavy atom. The molecule has 0 atom stereocenters. The van der Waals surface area contributed by atoms with Gasteiger partial charge in [-0.3, -0.25) is 10.1 Å². The first-order valence-corrected chi connectivity index (χ1v) is 10.8. The number of rotatable bonds is 6. The van der Waals surface area contributed by atoms with E-state index >= 15 is 0 Å². The second kappa shape index (κ2) is 9.49. The number of non-ortho nitro benzene ring substituents is 1. The number of ether oxygens (including phenoxy) is 2.